The van der Waals surface area contributed by atoms with Crippen LogP contribution in [0.25, 0.3) is 5.57 Å². The van der Waals surface area contributed by atoms with E-state index in [0.29, 0.717) is 5.57 Å². The molecule has 0 amide bonds. The van der Waals surface area contributed by atoms with Gasteiger partial charge in [-0.2, -0.15) is 5.26 Å². The van der Waals surface area contributed by atoms with Crippen LogP contribution in [0.5, 0.6) is 0 Å². The largest absolute Gasteiger partial charge is 0.391 e. The van der Waals surface area contributed by atoms with Crippen LogP contribution in [0.4, 0.5) is 5.69 Å². The van der Waals surface area contributed by atoms with Crippen molar-refractivity contribution < 1.29 is 4.21 Å². The molecule has 0 fully saturated rings. The molecule has 0 aliphatic rings. The Morgan fingerprint density at radius 3 is 2.18 bits per heavy atom. The van der Waals surface area contributed by atoms with Gasteiger partial charge in [-0.05, 0) is 48.4 Å². The highest BCUT2D eigenvalue weighted by molar-refractivity contribution is 7.86. The number of anilines is 1. The second-order valence-electron chi connectivity index (χ2n) is 7.47. The van der Waals surface area contributed by atoms with Gasteiger partial charge in [-0.15, -0.1) is 0 Å². The normalized spacial score (nSPS) is 13.9. The van der Waals surface area contributed by atoms with E-state index in [4.69, 9.17) is 0 Å². The van der Waals surface area contributed by atoms with Crippen molar-refractivity contribution in [3.63, 3.8) is 0 Å². The van der Waals surface area contributed by atoms with Crippen LogP contribution in [0, 0.1) is 16.7 Å². The van der Waals surface area contributed by atoms with Crippen molar-refractivity contribution in [1.82, 2.24) is 5.32 Å². The summed E-state index contributed by atoms with van der Waals surface area (Å²) >= 11 is 0. The maximum absolute atomic E-state index is 12.4. The average molecular weight is 394 g/mol. The molecule has 0 spiro atoms. The smallest absolute Gasteiger partial charge is 0.150 e. The Morgan fingerprint density at radius 2 is 1.68 bits per heavy atom. The van der Waals surface area contributed by atoms with E-state index in [9.17, 15) is 9.47 Å². The molecule has 0 heterocycles. The molecule has 4 nitrogen and oxygen atoms in total. The lowest BCUT2D eigenvalue weighted by atomic mass is 9.88. The van der Waals surface area contributed by atoms with Crippen molar-refractivity contribution in [2.75, 3.05) is 11.8 Å². The first-order valence-electron chi connectivity index (χ1n) is 9.11. The molecule has 0 saturated heterocycles. The fraction of sp³-hybridized carbons (Fsp3) is 0.261. The van der Waals surface area contributed by atoms with E-state index in [-0.39, 0.29) is 5.41 Å². The first-order chi connectivity index (χ1) is 13.3. The highest BCUT2D eigenvalue weighted by Gasteiger charge is 2.17. The Morgan fingerprint density at radius 1 is 1.07 bits per heavy atom. The van der Waals surface area contributed by atoms with E-state index in [1.807, 2.05) is 74.6 Å². The summed E-state index contributed by atoms with van der Waals surface area (Å²) in [4.78, 5) is 0.722. The molecule has 5 heteroatoms. The van der Waals surface area contributed by atoms with E-state index in [1.54, 1.807) is 0 Å². The van der Waals surface area contributed by atoms with Crippen LogP contribution in [0.2, 0.25) is 0 Å². The number of hydrogen-bond acceptors (Lipinski definition) is 3. The zero-order valence-corrected chi connectivity index (χ0v) is 17.9. The molecular formula is C23H27N3OS. The van der Waals surface area contributed by atoms with Gasteiger partial charge in [-0.1, -0.05) is 51.1 Å². The van der Waals surface area contributed by atoms with E-state index in [2.05, 4.69) is 36.9 Å². The summed E-state index contributed by atoms with van der Waals surface area (Å²) < 4.78 is 15.4. The Bertz CT molecular complexity index is 931. The van der Waals surface area contributed by atoms with Gasteiger partial charge in [0.05, 0.1) is 11.0 Å². The standard InChI is InChI=1S/C23H27N3OS/c1-17(16-24)21(15-22(25-5)23(2,3)4)18-11-13-19(14-12-18)26-28(27)20-9-7-6-8-10-20/h6-15,25-26H,1-5H3/b21-17-,22-15-. The van der Waals surface area contributed by atoms with E-state index >= 15 is 0 Å². The zero-order chi connectivity index (χ0) is 20.7. The molecule has 0 aromatic heterocycles. The molecule has 2 rings (SSSR count). The van der Waals surface area contributed by atoms with Crippen LogP contribution >= 0.6 is 0 Å². The molecule has 28 heavy (non-hydrogen) atoms. The minimum absolute atomic E-state index is 0.0657. The molecule has 1 atom stereocenters. The van der Waals surface area contributed by atoms with Crippen molar-refractivity contribution >= 4 is 22.2 Å². The number of allylic oxidation sites excluding steroid dienone is 4. The highest BCUT2D eigenvalue weighted by Crippen LogP contribution is 2.29. The Labute approximate surface area is 170 Å². The van der Waals surface area contributed by atoms with Crippen LogP contribution in [0.3, 0.4) is 0 Å². The number of hydrogen-bond donors (Lipinski definition) is 2. The summed E-state index contributed by atoms with van der Waals surface area (Å²) in [7, 11) is 0.570. The fourth-order valence-electron chi connectivity index (χ4n) is 2.70. The highest BCUT2D eigenvalue weighted by atomic mass is 32.2. The number of benzene rings is 2. The van der Waals surface area contributed by atoms with Gasteiger partial charge in [-0.3, -0.25) is 0 Å². The lowest BCUT2D eigenvalue weighted by Gasteiger charge is -2.23. The Balaban J connectivity index is 2.32. The third-order valence-corrected chi connectivity index (χ3v) is 5.42. The summed E-state index contributed by atoms with van der Waals surface area (Å²) in [5.74, 6) is 0. The summed E-state index contributed by atoms with van der Waals surface area (Å²) in [5, 5.41) is 12.7. The molecular weight excluding hydrogens is 366 g/mol. The fourth-order valence-corrected chi connectivity index (χ4v) is 3.58. The van der Waals surface area contributed by atoms with E-state index in [1.165, 1.54) is 0 Å². The maximum atomic E-state index is 12.4. The van der Waals surface area contributed by atoms with Gasteiger partial charge in [-0.25, -0.2) is 4.21 Å². The van der Waals surface area contributed by atoms with E-state index < -0.39 is 11.0 Å². The molecule has 0 bridgehead atoms. The van der Waals surface area contributed by atoms with Crippen LogP contribution < -0.4 is 10.0 Å². The first-order valence-corrected chi connectivity index (χ1v) is 10.3. The van der Waals surface area contributed by atoms with Crippen molar-refractivity contribution in [2.24, 2.45) is 5.41 Å². The summed E-state index contributed by atoms with van der Waals surface area (Å²) in [6.07, 6.45) is 2.03. The predicted molar refractivity (Wildman–Crippen MR) is 118 cm³/mol. The lowest BCUT2D eigenvalue weighted by molar-refractivity contribution is 0.473. The third-order valence-electron chi connectivity index (χ3n) is 4.30. The quantitative estimate of drug-likeness (QED) is 0.519. The van der Waals surface area contributed by atoms with Crippen molar-refractivity contribution in [1.29, 1.82) is 5.26 Å². The number of nitriles is 1. The van der Waals surface area contributed by atoms with Crippen molar-refractivity contribution in [3.8, 4) is 6.07 Å². The molecule has 2 aromatic rings. The van der Waals surface area contributed by atoms with Crippen LogP contribution in [0.15, 0.2) is 76.8 Å². The Hall–Kier alpha value is -2.84. The molecule has 2 N–H and O–H groups in total. The first kappa shape index (κ1) is 21.5. The second-order valence-corrected chi connectivity index (χ2v) is 8.68. The van der Waals surface area contributed by atoms with Gasteiger partial charge >= 0.3 is 0 Å². The molecule has 0 aliphatic heterocycles. The van der Waals surface area contributed by atoms with Gasteiger partial charge in [0.25, 0.3) is 0 Å². The van der Waals surface area contributed by atoms with Gasteiger partial charge in [0.2, 0.25) is 0 Å². The summed E-state index contributed by atoms with van der Waals surface area (Å²) in [6, 6.07) is 19.2. The molecule has 0 radical (unpaired) electrons. The van der Waals surface area contributed by atoms with Crippen molar-refractivity contribution in [3.05, 3.63) is 77.5 Å². The molecule has 146 valence electrons. The molecule has 2 aromatic carbocycles. The zero-order valence-electron chi connectivity index (χ0n) is 17.0. The third kappa shape index (κ3) is 5.58. The monoisotopic (exact) mass is 393 g/mol. The lowest BCUT2D eigenvalue weighted by Crippen LogP contribution is -2.21. The average Bonchev–Trinajstić information content (AvgIpc) is 2.68. The number of rotatable bonds is 6. The summed E-state index contributed by atoms with van der Waals surface area (Å²) in [5.41, 5.74) is 4.19. The van der Waals surface area contributed by atoms with Crippen LogP contribution in [-0.2, 0) is 11.0 Å². The van der Waals surface area contributed by atoms with E-state index in [0.717, 1.165) is 27.4 Å². The number of nitrogens with zero attached hydrogens (tertiary/aromatic N) is 1. The molecule has 0 saturated carbocycles. The van der Waals surface area contributed by atoms with Crippen molar-refractivity contribution in [2.45, 2.75) is 32.6 Å². The topological polar surface area (TPSA) is 64.9 Å². The maximum Gasteiger partial charge on any atom is 0.150 e. The van der Waals surface area contributed by atoms with Crippen LogP contribution in [-0.4, -0.2) is 11.3 Å². The van der Waals surface area contributed by atoms with Gasteiger partial charge in [0.1, 0.15) is 11.0 Å². The summed E-state index contributed by atoms with van der Waals surface area (Å²) in [6.45, 7) is 8.19. The SMILES string of the molecule is CN/C(=C\C(=C(/C)C#N)c1ccc(NS(=O)c2ccccc2)cc1)C(C)(C)C. The molecule has 0 aliphatic carbocycles. The predicted octanol–water partition coefficient (Wildman–Crippen LogP) is 5.27. The molecule has 1 unspecified atom stereocenters. The minimum atomic E-state index is -1.32. The van der Waals surface area contributed by atoms with Crippen LogP contribution in [0.1, 0.15) is 33.3 Å². The minimum Gasteiger partial charge on any atom is -0.391 e. The number of nitrogens with one attached hydrogen (secondary N) is 2. The van der Waals surface area contributed by atoms with Gasteiger partial charge in [0, 0.05) is 29.4 Å². The Kier molecular flexibility index (Phi) is 7.19. The second kappa shape index (κ2) is 9.38. The van der Waals surface area contributed by atoms with Gasteiger partial charge in [0.15, 0.2) is 0 Å². The van der Waals surface area contributed by atoms with Gasteiger partial charge < -0.3 is 10.0 Å².